The molecule has 0 spiro atoms. The summed E-state index contributed by atoms with van der Waals surface area (Å²) in [7, 11) is -1.11. The predicted molar refractivity (Wildman–Crippen MR) is 79.2 cm³/mol. The van der Waals surface area contributed by atoms with Gasteiger partial charge in [0.2, 0.25) is 0 Å². The third-order valence-corrected chi connectivity index (χ3v) is 5.23. The van der Waals surface area contributed by atoms with Crippen LogP contribution in [0.2, 0.25) is 19.1 Å². The van der Waals surface area contributed by atoms with Crippen molar-refractivity contribution < 1.29 is 0 Å². The average molecular weight is 239 g/mol. The van der Waals surface area contributed by atoms with Crippen LogP contribution in [-0.4, -0.2) is 20.8 Å². The summed E-state index contributed by atoms with van der Waals surface area (Å²) in [5.74, 6) is 0. The maximum absolute atomic E-state index is 4.51. The van der Waals surface area contributed by atoms with Gasteiger partial charge in [-0.1, -0.05) is 57.5 Å². The summed E-state index contributed by atoms with van der Waals surface area (Å²) >= 11 is 0. The molecule has 0 aliphatic heterocycles. The summed E-state index contributed by atoms with van der Waals surface area (Å²) in [6.45, 7) is 10.2. The van der Waals surface area contributed by atoms with Crippen LogP contribution >= 0.6 is 0 Å². The summed E-state index contributed by atoms with van der Waals surface area (Å²) in [5.41, 5.74) is 2.39. The summed E-state index contributed by atoms with van der Waals surface area (Å²) in [6.07, 6.45) is 11.0. The molecule has 16 heavy (non-hydrogen) atoms. The van der Waals surface area contributed by atoms with Crippen LogP contribution in [0.4, 0.5) is 0 Å². The maximum atomic E-state index is 4.51. The van der Waals surface area contributed by atoms with Gasteiger partial charge in [-0.15, -0.1) is 0 Å². The van der Waals surface area contributed by atoms with Crippen LogP contribution in [0.1, 0.15) is 46.0 Å². The highest BCUT2D eigenvalue weighted by Crippen LogP contribution is 2.09. The van der Waals surface area contributed by atoms with Gasteiger partial charge in [0.05, 0.1) is 8.07 Å². The molecular formula is C14H29NSi. The number of allylic oxidation sites excluding steroid dienone is 1. The first-order valence-corrected chi connectivity index (χ1v) is 10.0. The van der Waals surface area contributed by atoms with Crippen LogP contribution in [0.25, 0.3) is 0 Å². The van der Waals surface area contributed by atoms with Crippen molar-refractivity contribution >= 4 is 14.3 Å². The van der Waals surface area contributed by atoms with Crippen molar-refractivity contribution in [2.24, 2.45) is 4.99 Å². The molecule has 0 saturated heterocycles. The summed E-state index contributed by atoms with van der Waals surface area (Å²) in [4.78, 5) is 4.51. The van der Waals surface area contributed by atoms with Gasteiger partial charge in [0.25, 0.3) is 0 Å². The van der Waals surface area contributed by atoms with Crippen LogP contribution in [0.5, 0.6) is 0 Å². The van der Waals surface area contributed by atoms with Gasteiger partial charge >= 0.3 is 0 Å². The molecule has 0 saturated carbocycles. The number of nitrogens with zero attached hydrogens (tertiary/aromatic N) is 1. The van der Waals surface area contributed by atoms with Crippen molar-refractivity contribution in [1.29, 1.82) is 0 Å². The van der Waals surface area contributed by atoms with Crippen LogP contribution in [-0.2, 0) is 0 Å². The molecular weight excluding hydrogens is 210 g/mol. The van der Waals surface area contributed by atoms with Gasteiger partial charge < -0.3 is 0 Å². The van der Waals surface area contributed by atoms with E-state index in [4.69, 9.17) is 0 Å². The molecule has 0 aromatic rings. The Hall–Kier alpha value is -0.373. The lowest BCUT2D eigenvalue weighted by molar-refractivity contribution is 0.639. The summed E-state index contributed by atoms with van der Waals surface area (Å²) < 4.78 is 0. The Balaban J connectivity index is 3.47. The SMILES string of the molecule is CC=C[Si](C)(C)CC=NCCCCCCC. The minimum atomic E-state index is -1.11. The molecule has 0 fully saturated rings. The highest BCUT2D eigenvalue weighted by Gasteiger charge is 2.13. The molecule has 0 heterocycles. The smallest absolute Gasteiger partial charge is 0.0765 e. The molecule has 94 valence electrons. The second-order valence-electron chi connectivity index (χ2n) is 5.20. The van der Waals surface area contributed by atoms with E-state index in [1.807, 2.05) is 0 Å². The molecule has 0 aromatic heterocycles. The van der Waals surface area contributed by atoms with Crippen molar-refractivity contribution in [1.82, 2.24) is 0 Å². The molecule has 1 nitrogen and oxygen atoms in total. The Morgan fingerprint density at radius 1 is 1.06 bits per heavy atom. The monoisotopic (exact) mass is 239 g/mol. The second kappa shape index (κ2) is 9.82. The van der Waals surface area contributed by atoms with Gasteiger partial charge in [-0.05, 0) is 25.6 Å². The number of hydrogen-bond acceptors (Lipinski definition) is 1. The van der Waals surface area contributed by atoms with Crippen molar-refractivity contribution in [2.45, 2.75) is 65.1 Å². The zero-order valence-corrected chi connectivity index (χ0v) is 12.6. The topological polar surface area (TPSA) is 12.4 Å². The highest BCUT2D eigenvalue weighted by atomic mass is 28.3. The Labute approximate surface area is 103 Å². The van der Waals surface area contributed by atoms with Gasteiger partial charge in [-0.3, -0.25) is 4.99 Å². The molecule has 0 unspecified atom stereocenters. The normalized spacial score (nSPS) is 13.0. The molecule has 0 atom stereocenters. The van der Waals surface area contributed by atoms with Crippen LogP contribution in [0.15, 0.2) is 16.8 Å². The first kappa shape index (κ1) is 15.6. The molecule has 0 aromatic carbocycles. The fourth-order valence-electron chi connectivity index (χ4n) is 1.72. The quantitative estimate of drug-likeness (QED) is 0.310. The van der Waals surface area contributed by atoms with E-state index in [9.17, 15) is 0 Å². The van der Waals surface area contributed by atoms with Crippen molar-refractivity contribution in [3.8, 4) is 0 Å². The number of unbranched alkanes of at least 4 members (excludes halogenated alkanes) is 4. The lowest BCUT2D eigenvalue weighted by Gasteiger charge is -2.13. The average Bonchev–Trinajstić information content (AvgIpc) is 2.22. The van der Waals surface area contributed by atoms with E-state index in [0.717, 1.165) is 6.54 Å². The molecule has 0 amide bonds. The van der Waals surface area contributed by atoms with E-state index in [1.54, 1.807) is 0 Å². The van der Waals surface area contributed by atoms with Crippen molar-refractivity contribution in [3.05, 3.63) is 11.8 Å². The third-order valence-electron chi connectivity index (χ3n) is 2.76. The zero-order valence-electron chi connectivity index (χ0n) is 11.6. The van der Waals surface area contributed by atoms with Crippen LogP contribution in [0, 0.1) is 0 Å². The standard InChI is InChI=1S/C14H29NSi/c1-5-7-8-9-10-11-15-12-14-16(3,4)13-6-2/h6,12-13H,5,7-11,14H2,1-4H3. The molecule has 0 rings (SSSR count). The molecule has 0 aliphatic carbocycles. The van der Waals surface area contributed by atoms with E-state index in [2.05, 4.69) is 49.9 Å². The van der Waals surface area contributed by atoms with Crippen molar-refractivity contribution in [2.75, 3.05) is 6.54 Å². The fourth-order valence-corrected chi connectivity index (χ4v) is 3.36. The lowest BCUT2D eigenvalue weighted by atomic mass is 10.2. The molecule has 0 N–H and O–H groups in total. The van der Waals surface area contributed by atoms with E-state index >= 15 is 0 Å². The first-order chi connectivity index (χ1) is 7.62. The summed E-state index contributed by atoms with van der Waals surface area (Å²) in [5, 5.41) is 0. The molecule has 2 heteroatoms. The molecule has 0 bridgehead atoms. The first-order valence-electron chi connectivity index (χ1n) is 6.74. The number of rotatable bonds is 9. The Morgan fingerprint density at radius 3 is 2.38 bits per heavy atom. The number of aliphatic imine (C=N–C) groups is 1. The van der Waals surface area contributed by atoms with Crippen LogP contribution < -0.4 is 0 Å². The Morgan fingerprint density at radius 2 is 1.75 bits per heavy atom. The van der Waals surface area contributed by atoms with E-state index in [-0.39, 0.29) is 0 Å². The van der Waals surface area contributed by atoms with E-state index in [1.165, 1.54) is 38.1 Å². The minimum Gasteiger partial charge on any atom is -0.298 e. The lowest BCUT2D eigenvalue weighted by Crippen LogP contribution is -2.22. The Bertz CT molecular complexity index is 207. The number of hydrogen-bond donors (Lipinski definition) is 0. The van der Waals surface area contributed by atoms with E-state index < -0.39 is 8.07 Å². The predicted octanol–water partition coefficient (Wildman–Crippen LogP) is 4.85. The van der Waals surface area contributed by atoms with E-state index in [0.29, 0.717) is 0 Å². The van der Waals surface area contributed by atoms with Gasteiger partial charge in [0, 0.05) is 6.54 Å². The molecule has 0 radical (unpaired) electrons. The largest absolute Gasteiger partial charge is 0.298 e. The third kappa shape index (κ3) is 10.2. The maximum Gasteiger partial charge on any atom is 0.0765 e. The molecule has 0 aliphatic rings. The van der Waals surface area contributed by atoms with Gasteiger partial charge in [-0.2, -0.15) is 0 Å². The van der Waals surface area contributed by atoms with Crippen molar-refractivity contribution in [3.63, 3.8) is 0 Å². The fraction of sp³-hybridized carbons (Fsp3) is 0.786. The summed E-state index contributed by atoms with van der Waals surface area (Å²) in [6, 6.07) is 1.19. The Kier molecular flexibility index (Phi) is 9.60. The second-order valence-corrected chi connectivity index (χ2v) is 9.91. The van der Waals surface area contributed by atoms with Gasteiger partial charge in [0.15, 0.2) is 0 Å². The van der Waals surface area contributed by atoms with Gasteiger partial charge in [0.1, 0.15) is 0 Å². The zero-order chi connectivity index (χ0) is 12.3. The van der Waals surface area contributed by atoms with Crippen LogP contribution in [0.3, 0.4) is 0 Å². The minimum absolute atomic E-state index is 1.03. The van der Waals surface area contributed by atoms with Gasteiger partial charge in [-0.25, -0.2) is 0 Å². The highest BCUT2D eigenvalue weighted by molar-refractivity contribution is 6.84.